The van der Waals surface area contributed by atoms with E-state index in [4.69, 9.17) is 4.74 Å². The fourth-order valence-corrected chi connectivity index (χ4v) is 4.27. The number of fused-ring (bicyclic) bond motifs is 2. The summed E-state index contributed by atoms with van der Waals surface area (Å²) in [7, 11) is 0. The summed E-state index contributed by atoms with van der Waals surface area (Å²) in [5, 5.41) is 14.2. The van der Waals surface area contributed by atoms with Crippen molar-refractivity contribution in [3.63, 3.8) is 0 Å². The van der Waals surface area contributed by atoms with Crippen LogP contribution in [0, 0.1) is 13.8 Å². The van der Waals surface area contributed by atoms with Gasteiger partial charge in [-0.2, -0.15) is 0 Å². The topological polar surface area (TPSA) is 71.7 Å². The van der Waals surface area contributed by atoms with Crippen LogP contribution >= 0.6 is 0 Å². The highest BCUT2D eigenvalue weighted by Gasteiger charge is 2.24. The number of aliphatic hydroxyl groups excluding tert-OH is 1. The lowest BCUT2D eigenvalue weighted by molar-refractivity contribution is 0.0317. The van der Waals surface area contributed by atoms with Crippen LogP contribution in [-0.4, -0.2) is 32.3 Å². The van der Waals surface area contributed by atoms with Crippen molar-refractivity contribution >= 4 is 17.3 Å². The molecule has 5 rings (SSSR count). The van der Waals surface area contributed by atoms with Crippen LogP contribution in [0.15, 0.2) is 60.9 Å². The zero-order valence-electron chi connectivity index (χ0n) is 19.0. The first-order valence-electron chi connectivity index (χ1n) is 11.3. The Kier molecular flexibility index (Phi) is 5.94. The first-order chi connectivity index (χ1) is 16.1. The lowest BCUT2D eigenvalue weighted by Gasteiger charge is -2.23. The molecule has 1 atom stereocenters. The van der Waals surface area contributed by atoms with Crippen LogP contribution in [0.3, 0.4) is 0 Å². The van der Waals surface area contributed by atoms with Gasteiger partial charge in [-0.25, -0.2) is 4.98 Å². The Morgan fingerprint density at radius 3 is 2.73 bits per heavy atom. The van der Waals surface area contributed by atoms with Crippen molar-refractivity contribution in [1.82, 2.24) is 19.7 Å². The molecular weight excluding hydrogens is 412 g/mol. The molecule has 1 unspecified atom stereocenters. The molecule has 2 aromatic heterocycles. The highest BCUT2D eigenvalue weighted by Crippen LogP contribution is 2.34. The van der Waals surface area contributed by atoms with Gasteiger partial charge in [0, 0.05) is 30.1 Å². The quantitative estimate of drug-likeness (QED) is 0.419. The molecule has 1 aliphatic heterocycles. The third-order valence-electron chi connectivity index (χ3n) is 5.91. The molecule has 1 aliphatic rings. The Morgan fingerprint density at radius 2 is 1.88 bits per heavy atom. The smallest absolute Gasteiger partial charge is 0.226 e. The van der Waals surface area contributed by atoms with Crippen molar-refractivity contribution in [1.29, 1.82) is 0 Å². The molecule has 0 spiro atoms. The van der Waals surface area contributed by atoms with Gasteiger partial charge in [-0.1, -0.05) is 42.5 Å². The van der Waals surface area contributed by atoms with Crippen molar-refractivity contribution in [2.45, 2.75) is 39.5 Å². The van der Waals surface area contributed by atoms with Crippen LogP contribution in [0.5, 0.6) is 5.75 Å². The van der Waals surface area contributed by atoms with Crippen molar-refractivity contribution in [2.75, 3.05) is 6.54 Å². The standard InChI is InChI=1S/C27H28N4O2/c1-18-16-31-17-24(30-26(31)19(2)29-18)23-14-22-11-10-20(13-25(22)33-27(23)32)9-6-12-28-15-21-7-4-3-5-8-21/h3-5,7-8,10-11,13-14,16-17,27-28,32H,6,9,12,15H2,1-2H3. The molecule has 0 bridgehead atoms. The summed E-state index contributed by atoms with van der Waals surface area (Å²) in [6.07, 6.45) is 6.74. The van der Waals surface area contributed by atoms with Gasteiger partial charge < -0.3 is 19.6 Å². The van der Waals surface area contributed by atoms with Crippen molar-refractivity contribution < 1.29 is 9.84 Å². The summed E-state index contributed by atoms with van der Waals surface area (Å²) >= 11 is 0. The minimum Gasteiger partial charge on any atom is -0.460 e. The average molecular weight is 441 g/mol. The van der Waals surface area contributed by atoms with Crippen LogP contribution in [0.1, 0.15) is 40.2 Å². The molecule has 0 fully saturated rings. The normalized spacial score (nSPS) is 15.2. The number of ether oxygens (including phenoxy) is 1. The molecule has 33 heavy (non-hydrogen) atoms. The van der Waals surface area contributed by atoms with E-state index in [1.807, 2.05) is 48.9 Å². The Bertz CT molecular complexity index is 1310. The largest absolute Gasteiger partial charge is 0.460 e. The maximum atomic E-state index is 10.7. The van der Waals surface area contributed by atoms with Crippen molar-refractivity contribution in [3.05, 3.63) is 94.7 Å². The number of aryl methyl sites for hydroxylation is 3. The SMILES string of the molecule is Cc1cn2cc(C3=Cc4ccc(CCCNCc5ccccc5)cc4OC3O)nc2c(C)n1. The maximum absolute atomic E-state index is 10.7. The second-order valence-corrected chi connectivity index (χ2v) is 8.53. The van der Waals surface area contributed by atoms with E-state index in [9.17, 15) is 5.11 Å². The van der Waals surface area contributed by atoms with Crippen LogP contribution in [0.4, 0.5) is 0 Å². The molecule has 6 nitrogen and oxygen atoms in total. The van der Waals surface area contributed by atoms with Crippen LogP contribution in [0.2, 0.25) is 0 Å². The lowest BCUT2D eigenvalue weighted by atomic mass is 10.0. The van der Waals surface area contributed by atoms with Crippen LogP contribution < -0.4 is 10.1 Å². The number of nitrogens with one attached hydrogen (secondary N) is 1. The van der Waals surface area contributed by atoms with E-state index in [1.54, 1.807) is 0 Å². The van der Waals surface area contributed by atoms with Crippen molar-refractivity contribution in [3.8, 4) is 5.75 Å². The molecule has 2 N–H and O–H groups in total. The molecule has 0 aliphatic carbocycles. The van der Waals surface area contributed by atoms with Gasteiger partial charge >= 0.3 is 0 Å². The third kappa shape index (κ3) is 4.67. The first kappa shape index (κ1) is 21.4. The first-order valence-corrected chi connectivity index (χ1v) is 11.3. The highest BCUT2D eigenvalue weighted by molar-refractivity contribution is 5.86. The van der Waals surface area contributed by atoms with E-state index in [0.29, 0.717) is 17.0 Å². The van der Waals surface area contributed by atoms with Gasteiger partial charge in [0.15, 0.2) is 5.65 Å². The zero-order chi connectivity index (χ0) is 22.8. The molecule has 3 heterocycles. The number of aromatic nitrogens is 3. The van der Waals surface area contributed by atoms with Gasteiger partial charge in [0.05, 0.1) is 17.1 Å². The van der Waals surface area contributed by atoms with Gasteiger partial charge in [0.1, 0.15) is 5.75 Å². The third-order valence-corrected chi connectivity index (χ3v) is 5.91. The summed E-state index contributed by atoms with van der Waals surface area (Å²) in [6.45, 7) is 5.72. The molecule has 0 saturated carbocycles. The highest BCUT2D eigenvalue weighted by atomic mass is 16.6. The molecule has 168 valence electrons. The number of hydrogen-bond acceptors (Lipinski definition) is 5. The molecule has 4 aromatic rings. The fraction of sp³-hybridized carbons (Fsp3) is 0.259. The van der Waals surface area contributed by atoms with Crippen LogP contribution in [0.25, 0.3) is 17.3 Å². The Labute approximate surface area is 193 Å². The monoisotopic (exact) mass is 440 g/mol. The zero-order valence-corrected chi connectivity index (χ0v) is 19.0. The summed E-state index contributed by atoms with van der Waals surface area (Å²) < 4.78 is 7.83. The number of nitrogens with zero attached hydrogens (tertiary/aromatic N) is 3. The number of benzene rings is 2. The van der Waals surface area contributed by atoms with E-state index in [-0.39, 0.29) is 0 Å². The van der Waals surface area contributed by atoms with E-state index < -0.39 is 6.29 Å². The summed E-state index contributed by atoms with van der Waals surface area (Å²) in [4.78, 5) is 9.16. The van der Waals surface area contributed by atoms with E-state index in [1.165, 1.54) is 11.1 Å². The number of hydrogen-bond donors (Lipinski definition) is 2. The number of imidazole rings is 1. The summed E-state index contributed by atoms with van der Waals surface area (Å²) in [6, 6.07) is 16.6. The van der Waals surface area contributed by atoms with E-state index in [0.717, 1.165) is 48.5 Å². The van der Waals surface area contributed by atoms with Gasteiger partial charge in [0.25, 0.3) is 0 Å². The minimum absolute atomic E-state index is 0.654. The van der Waals surface area contributed by atoms with Gasteiger partial charge in [-0.15, -0.1) is 0 Å². The van der Waals surface area contributed by atoms with Gasteiger partial charge in [0.2, 0.25) is 6.29 Å². The Hall–Kier alpha value is -3.48. The molecule has 0 saturated heterocycles. The molecule has 6 heteroatoms. The summed E-state index contributed by atoms with van der Waals surface area (Å²) in [5.41, 5.74) is 7.35. The molecule has 0 radical (unpaired) electrons. The number of rotatable bonds is 7. The fourth-order valence-electron chi connectivity index (χ4n) is 4.27. The Balaban J connectivity index is 1.26. The second kappa shape index (κ2) is 9.17. The Morgan fingerprint density at radius 1 is 1.03 bits per heavy atom. The maximum Gasteiger partial charge on any atom is 0.226 e. The molecular formula is C27H28N4O2. The molecule has 0 amide bonds. The number of aliphatic hydroxyl groups is 1. The van der Waals surface area contributed by atoms with E-state index >= 15 is 0 Å². The summed E-state index contributed by atoms with van der Waals surface area (Å²) in [5.74, 6) is 0.707. The minimum atomic E-state index is -1.06. The predicted molar refractivity (Wildman–Crippen MR) is 130 cm³/mol. The second-order valence-electron chi connectivity index (χ2n) is 8.53. The van der Waals surface area contributed by atoms with Gasteiger partial charge in [-0.3, -0.25) is 4.98 Å². The lowest BCUT2D eigenvalue weighted by Crippen LogP contribution is -2.21. The average Bonchev–Trinajstić information content (AvgIpc) is 3.23. The molecule has 2 aromatic carbocycles. The van der Waals surface area contributed by atoms with E-state index in [2.05, 4.69) is 51.7 Å². The van der Waals surface area contributed by atoms with Crippen molar-refractivity contribution in [2.24, 2.45) is 0 Å². The van der Waals surface area contributed by atoms with Crippen LogP contribution in [-0.2, 0) is 13.0 Å². The predicted octanol–water partition coefficient (Wildman–Crippen LogP) is 4.32. The van der Waals surface area contributed by atoms with Gasteiger partial charge in [-0.05, 0) is 56.5 Å².